The summed E-state index contributed by atoms with van der Waals surface area (Å²) < 4.78 is 33.6. The van der Waals surface area contributed by atoms with Crippen LogP contribution < -0.4 is 5.32 Å². The number of alkyl carbamates (subject to hydrolysis) is 1. The number of rotatable bonds is 10. The van der Waals surface area contributed by atoms with Crippen molar-refractivity contribution in [2.45, 2.75) is 62.4 Å². The first-order valence-corrected chi connectivity index (χ1v) is 12.7. The number of sulfonamides is 1. The molecule has 2 heterocycles. The van der Waals surface area contributed by atoms with E-state index >= 15 is 0 Å². The Morgan fingerprint density at radius 1 is 1.24 bits per heavy atom. The number of thiophene rings is 2. The van der Waals surface area contributed by atoms with E-state index in [1.165, 1.54) is 27.0 Å². The third-order valence-electron chi connectivity index (χ3n) is 3.95. The topological polar surface area (TPSA) is 75.7 Å². The van der Waals surface area contributed by atoms with Gasteiger partial charge in [-0.05, 0) is 50.1 Å². The van der Waals surface area contributed by atoms with Crippen molar-refractivity contribution in [1.82, 2.24) is 9.62 Å². The molecule has 0 aromatic carbocycles. The number of hydrogen-bond donors (Lipinski definition) is 1. The molecule has 29 heavy (non-hydrogen) atoms. The van der Waals surface area contributed by atoms with Crippen LogP contribution in [0, 0.1) is 6.92 Å². The van der Waals surface area contributed by atoms with Crippen LogP contribution in [0.25, 0.3) is 0 Å². The Labute approximate surface area is 181 Å². The molecule has 2 aromatic rings. The summed E-state index contributed by atoms with van der Waals surface area (Å²) in [6.07, 6.45) is 1.54. The van der Waals surface area contributed by atoms with Crippen LogP contribution in [0.1, 0.15) is 44.9 Å². The number of unbranched alkanes of at least 4 members (excludes halogenated alkanes) is 1. The van der Waals surface area contributed by atoms with Gasteiger partial charge in [0.25, 0.3) is 10.0 Å². The molecule has 1 radical (unpaired) electrons. The van der Waals surface area contributed by atoms with E-state index in [-0.39, 0.29) is 19.1 Å². The molecule has 0 saturated heterocycles. The van der Waals surface area contributed by atoms with Gasteiger partial charge in [0.1, 0.15) is 9.81 Å². The summed E-state index contributed by atoms with van der Waals surface area (Å²) in [6.45, 7) is 9.66. The van der Waals surface area contributed by atoms with E-state index in [2.05, 4.69) is 12.2 Å². The number of nitrogens with zero attached hydrogens (tertiary/aromatic N) is 1. The predicted molar refractivity (Wildman–Crippen MR) is 119 cm³/mol. The lowest BCUT2D eigenvalue weighted by molar-refractivity contribution is 0.0495. The Hall–Kier alpha value is -1.42. The third kappa shape index (κ3) is 7.73. The molecule has 0 spiro atoms. The molecule has 1 amide bonds. The van der Waals surface area contributed by atoms with Crippen LogP contribution in [-0.2, 0) is 21.3 Å². The Bertz CT molecular complexity index is 841. The number of nitrogens with one attached hydrogen (secondary N) is 1. The SMILES string of the molecule is [CH2]CCC[C@@H](CN(Cc1cccs1)S(=O)(=O)c1cccs1)NC(=O)OC(C)(C)C. The van der Waals surface area contributed by atoms with E-state index < -0.39 is 21.7 Å². The highest BCUT2D eigenvalue weighted by Crippen LogP contribution is 2.25. The Kier molecular flexibility index (Phi) is 8.69. The second-order valence-corrected chi connectivity index (χ2v) is 11.8. The largest absolute Gasteiger partial charge is 0.444 e. The molecule has 0 aliphatic heterocycles. The molecule has 0 saturated carbocycles. The van der Waals surface area contributed by atoms with Crippen molar-refractivity contribution in [1.29, 1.82) is 0 Å². The zero-order chi connectivity index (χ0) is 21.5. The quantitative estimate of drug-likeness (QED) is 0.551. The summed E-state index contributed by atoms with van der Waals surface area (Å²) in [7, 11) is -3.67. The molecule has 0 fully saturated rings. The third-order valence-corrected chi connectivity index (χ3v) is 7.99. The van der Waals surface area contributed by atoms with Gasteiger partial charge in [0.2, 0.25) is 0 Å². The van der Waals surface area contributed by atoms with Gasteiger partial charge in [-0.2, -0.15) is 4.31 Å². The van der Waals surface area contributed by atoms with E-state index in [1.807, 2.05) is 17.5 Å². The molecule has 1 atom stereocenters. The van der Waals surface area contributed by atoms with Gasteiger partial charge in [-0.25, -0.2) is 13.2 Å². The number of carbonyl (C=O) groups excluding carboxylic acids is 1. The summed E-state index contributed by atoms with van der Waals surface area (Å²) in [4.78, 5) is 13.2. The number of amides is 1. The summed E-state index contributed by atoms with van der Waals surface area (Å²) in [5.41, 5.74) is -0.624. The smallest absolute Gasteiger partial charge is 0.407 e. The Balaban J connectivity index is 2.23. The van der Waals surface area contributed by atoms with Gasteiger partial charge in [-0.3, -0.25) is 0 Å². The molecular weight excluding hydrogens is 428 g/mol. The van der Waals surface area contributed by atoms with Gasteiger partial charge in [0, 0.05) is 24.0 Å². The average molecular weight is 458 g/mol. The first kappa shape index (κ1) is 23.9. The minimum Gasteiger partial charge on any atom is -0.444 e. The van der Waals surface area contributed by atoms with Crippen molar-refractivity contribution in [2.75, 3.05) is 6.54 Å². The second-order valence-electron chi connectivity index (χ2n) is 7.65. The molecular formula is C20H29N2O4S3. The maximum absolute atomic E-state index is 13.2. The van der Waals surface area contributed by atoms with Crippen molar-refractivity contribution >= 4 is 38.8 Å². The normalized spacial score (nSPS) is 13.4. The van der Waals surface area contributed by atoms with Crippen molar-refractivity contribution in [3.05, 3.63) is 46.8 Å². The van der Waals surface area contributed by atoms with Gasteiger partial charge >= 0.3 is 6.09 Å². The fraction of sp³-hybridized carbons (Fsp3) is 0.500. The minimum atomic E-state index is -3.67. The Morgan fingerprint density at radius 2 is 1.93 bits per heavy atom. The van der Waals surface area contributed by atoms with E-state index in [0.29, 0.717) is 17.1 Å². The fourth-order valence-corrected chi connectivity index (χ4v) is 6.09. The van der Waals surface area contributed by atoms with Crippen molar-refractivity contribution in [3.63, 3.8) is 0 Å². The zero-order valence-electron chi connectivity index (χ0n) is 17.1. The van der Waals surface area contributed by atoms with E-state index in [4.69, 9.17) is 4.74 Å². The van der Waals surface area contributed by atoms with Crippen molar-refractivity contribution < 1.29 is 17.9 Å². The van der Waals surface area contributed by atoms with E-state index in [9.17, 15) is 13.2 Å². The summed E-state index contributed by atoms with van der Waals surface area (Å²) in [6, 6.07) is 6.76. The lowest BCUT2D eigenvalue weighted by atomic mass is 10.1. The molecule has 1 N–H and O–H groups in total. The van der Waals surface area contributed by atoms with Gasteiger partial charge in [0.05, 0.1) is 0 Å². The molecule has 0 bridgehead atoms. The second kappa shape index (κ2) is 10.6. The first-order chi connectivity index (χ1) is 13.6. The summed E-state index contributed by atoms with van der Waals surface area (Å²) >= 11 is 2.70. The zero-order valence-corrected chi connectivity index (χ0v) is 19.5. The molecule has 6 nitrogen and oxygen atoms in total. The minimum absolute atomic E-state index is 0.164. The van der Waals surface area contributed by atoms with Crippen molar-refractivity contribution in [2.24, 2.45) is 0 Å². The lowest BCUT2D eigenvalue weighted by Gasteiger charge is -2.28. The summed E-state index contributed by atoms with van der Waals surface area (Å²) in [5.74, 6) is 0. The van der Waals surface area contributed by atoms with Crippen LogP contribution >= 0.6 is 22.7 Å². The highest BCUT2D eigenvalue weighted by Gasteiger charge is 2.30. The highest BCUT2D eigenvalue weighted by atomic mass is 32.2. The number of hydrogen-bond acceptors (Lipinski definition) is 6. The molecule has 0 aliphatic carbocycles. The predicted octanol–water partition coefficient (Wildman–Crippen LogP) is 4.90. The van der Waals surface area contributed by atoms with Crippen LogP contribution in [0.4, 0.5) is 4.79 Å². The standard InChI is InChI=1S/C20H29N2O4S3/c1-5-6-9-16(21-19(23)26-20(2,3)4)14-22(15-17-10-7-12-27-17)29(24,25)18-11-8-13-28-18/h7-8,10-13,16H,1,5-6,9,14-15H2,2-4H3,(H,21,23)/t16-/m0/s1. The van der Waals surface area contributed by atoms with Crippen LogP contribution in [-0.4, -0.2) is 37.0 Å². The maximum Gasteiger partial charge on any atom is 0.407 e. The van der Waals surface area contributed by atoms with Gasteiger partial charge in [-0.1, -0.05) is 31.9 Å². The average Bonchev–Trinajstić information content (AvgIpc) is 3.31. The van der Waals surface area contributed by atoms with E-state index in [1.54, 1.807) is 38.3 Å². The van der Waals surface area contributed by atoms with Crippen LogP contribution in [0.3, 0.4) is 0 Å². The van der Waals surface area contributed by atoms with Crippen LogP contribution in [0.2, 0.25) is 0 Å². The number of carbonyl (C=O) groups is 1. The fourth-order valence-electron chi connectivity index (χ4n) is 2.68. The van der Waals surface area contributed by atoms with Gasteiger partial charge < -0.3 is 10.1 Å². The molecule has 2 aromatic heterocycles. The molecule has 0 unspecified atom stereocenters. The van der Waals surface area contributed by atoms with Gasteiger partial charge in [0.15, 0.2) is 0 Å². The summed E-state index contributed by atoms with van der Waals surface area (Å²) in [5, 5.41) is 6.51. The monoisotopic (exact) mass is 457 g/mol. The first-order valence-electron chi connectivity index (χ1n) is 9.46. The molecule has 2 rings (SSSR count). The molecule has 161 valence electrons. The van der Waals surface area contributed by atoms with Crippen molar-refractivity contribution in [3.8, 4) is 0 Å². The number of ether oxygens (including phenoxy) is 1. The molecule has 9 heteroatoms. The molecule has 0 aliphatic rings. The van der Waals surface area contributed by atoms with Crippen LogP contribution in [0.15, 0.2) is 39.2 Å². The van der Waals surface area contributed by atoms with E-state index in [0.717, 1.165) is 11.3 Å². The van der Waals surface area contributed by atoms with Crippen LogP contribution in [0.5, 0.6) is 0 Å². The highest BCUT2D eigenvalue weighted by molar-refractivity contribution is 7.91. The lowest BCUT2D eigenvalue weighted by Crippen LogP contribution is -2.46. The maximum atomic E-state index is 13.2. The Morgan fingerprint density at radius 3 is 2.48 bits per heavy atom. The van der Waals surface area contributed by atoms with Gasteiger partial charge in [-0.15, -0.1) is 22.7 Å².